The summed E-state index contributed by atoms with van der Waals surface area (Å²) in [5, 5.41) is 13.2. The second-order valence-electron chi connectivity index (χ2n) is 6.10. The Hall–Kier alpha value is -0.950. The maximum atomic E-state index is 11.9. The van der Waals surface area contributed by atoms with Gasteiger partial charge in [0, 0.05) is 6.04 Å². The van der Waals surface area contributed by atoms with Crippen LogP contribution in [0.15, 0.2) is 29.2 Å². The van der Waals surface area contributed by atoms with Crippen LogP contribution in [0.25, 0.3) is 0 Å². The van der Waals surface area contributed by atoms with Crippen molar-refractivity contribution in [3.05, 3.63) is 29.8 Å². The largest absolute Gasteiger partial charge is 0.393 e. The van der Waals surface area contributed by atoms with Gasteiger partial charge >= 0.3 is 0 Å². The summed E-state index contributed by atoms with van der Waals surface area (Å²) in [5.74, 6) is 0.496. The van der Waals surface area contributed by atoms with Crippen molar-refractivity contribution in [3.63, 3.8) is 0 Å². The van der Waals surface area contributed by atoms with Crippen molar-refractivity contribution in [2.75, 3.05) is 13.6 Å². The molecule has 22 heavy (non-hydrogen) atoms. The predicted molar refractivity (Wildman–Crippen MR) is 87.1 cm³/mol. The van der Waals surface area contributed by atoms with Gasteiger partial charge in [0.15, 0.2) is 0 Å². The van der Waals surface area contributed by atoms with E-state index in [-0.39, 0.29) is 17.0 Å². The lowest BCUT2D eigenvalue weighted by molar-refractivity contribution is 0.0998. The van der Waals surface area contributed by atoms with Crippen LogP contribution in [0.4, 0.5) is 0 Å². The summed E-state index contributed by atoms with van der Waals surface area (Å²) in [7, 11) is -1.99. The lowest BCUT2D eigenvalue weighted by Gasteiger charge is -2.27. The summed E-state index contributed by atoms with van der Waals surface area (Å²) in [4.78, 5) is 0.286. The maximum Gasteiger partial charge on any atom is 0.240 e. The zero-order valence-corrected chi connectivity index (χ0v) is 14.1. The van der Waals surface area contributed by atoms with Crippen molar-refractivity contribution in [3.8, 4) is 0 Å². The van der Waals surface area contributed by atoms with Gasteiger partial charge in [-0.1, -0.05) is 18.6 Å². The molecule has 1 aromatic carbocycles. The first-order valence-electron chi connectivity index (χ1n) is 7.87. The summed E-state index contributed by atoms with van der Waals surface area (Å²) >= 11 is 0. The molecule has 0 radical (unpaired) electrons. The SMILES string of the molecule is CNS(=O)(=O)c1cccc(C(C)NCC2CCCC(O)C2)c1. The average Bonchev–Trinajstić information content (AvgIpc) is 2.53. The molecule has 2 rings (SSSR count). The Labute approximate surface area is 133 Å². The van der Waals surface area contributed by atoms with Gasteiger partial charge in [-0.3, -0.25) is 0 Å². The molecule has 6 heteroatoms. The molecule has 0 spiro atoms. The molecule has 0 aromatic heterocycles. The van der Waals surface area contributed by atoms with E-state index in [0.717, 1.165) is 37.8 Å². The Morgan fingerprint density at radius 3 is 2.82 bits per heavy atom. The molecule has 1 saturated carbocycles. The fourth-order valence-electron chi connectivity index (χ4n) is 2.98. The molecule has 0 saturated heterocycles. The highest BCUT2D eigenvalue weighted by Gasteiger charge is 2.21. The van der Waals surface area contributed by atoms with Crippen LogP contribution in [0.3, 0.4) is 0 Å². The normalized spacial score (nSPS) is 24.1. The molecular formula is C16H26N2O3S. The van der Waals surface area contributed by atoms with Gasteiger partial charge in [0.25, 0.3) is 0 Å². The van der Waals surface area contributed by atoms with Crippen molar-refractivity contribution in [1.82, 2.24) is 10.0 Å². The van der Waals surface area contributed by atoms with E-state index in [9.17, 15) is 13.5 Å². The van der Waals surface area contributed by atoms with E-state index < -0.39 is 10.0 Å². The molecule has 0 amide bonds. The standard InChI is InChI=1S/C16H26N2O3S/c1-12(18-11-13-5-3-7-15(19)9-13)14-6-4-8-16(10-14)22(20,21)17-2/h4,6,8,10,12-13,15,17-19H,3,5,7,9,11H2,1-2H3. The number of aliphatic hydroxyl groups is 1. The minimum Gasteiger partial charge on any atom is -0.393 e. The molecule has 1 aromatic rings. The highest BCUT2D eigenvalue weighted by Crippen LogP contribution is 2.24. The molecule has 3 N–H and O–H groups in total. The lowest BCUT2D eigenvalue weighted by atomic mass is 9.87. The Morgan fingerprint density at radius 1 is 1.36 bits per heavy atom. The number of nitrogens with one attached hydrogen (secondary N) is 2. The summed E-state index contributed by atoms with van der Waals surface area (Å²) in [6.45, 7) is 2.88. The van der Waals surface area contributed by atoms with Crippen LogP contribution in [-0.4, -0.2) is 33.2 Å². The van der Waals surface area contributed by atoms with Crippen LogP contribution >= 0.6 is 0 Å². The highest BCUT2D eigenvalue weighted by molar-refractivity contribution is 7.89. The monoisotopic (exact) mass is 326 g/mol. The Balaban J connectivity index is 1.98. The van der Waals surface area contributed by atoms with Gasteiger partial charge in [-0.25, -0.2) is 13.1 Å². The van der Waals surface area contributed by atoms with E-state index in [4.69, 9.17) is 0 Å². The topological polar surface area (TPSA) is 78.4 Å². The number of benzene rings is 1. The molecule has 124 valence electrons. The molecule has 1 aliphatic rings. The smallest absolute Gasteiger partial charge is 0.240 e. The van der Waals surface area contributed by atoms with Gasteiger partial charge in [0.2, 0.25) is 10.0 Å². The summed E-state index contributed by atoms with van der Waals surface area (Å²) in [6.07, 6.45) is 3.83. The molecule has 1 aliphatic carbocycles. The third-order valence-corrected chi connectivity index (χ3v) is 5.82. The van der Waals surface area contributed by atoms with Gasteiger partial charge in [-0.05, 0) is 63.4 Å². The van der Waals surface area contributed by atoms with Crippen LogP contribution in [0, 0.1) is 5.92 Å². The molecule has 1 fully saturated rings. The second kappa shape index (κ2) is 7.55. The minimum atomic E-state index is -3.41. The van der Waals surface area contributed by atoms with Crippen LogP contribution < -0.4 is 10.0 Å². The molecule has 5 nitrogen and oxygen atoms in total. The molecule has 3 unspecified atom stereocenters. The summed E-state index contributed by atoms with van der Waals surface area (Å²) in [6, 6.07) is 7.08. The molecule has 0 aliphatic heterocycles. The third kappa shape index (κ3) is 4.52. The zero-order valence-electron chi connectivity index (χ0n) is 13.2. The van der Waals surface area contributed by atoms with Crippen molar-refractivity contribution >= 4 is 10.0 Å². The molecular weight excluding hydrogens is 300 g/mol. The number of hydrogen-bond donors (Lipinski definition) is 3. The Bertz CT molecular complexity index is 589. The quantitative estimate of drug-likeness (QED) is 0.745. The summed E-state index contributed by atoms with van der Waals surface area (Å²) < 4.78 is 26.1. The lowest BCUT2D eigenvalue weighted by Crippen LogP contribution is -2.30. The fraction of sp³-hybridized carbons (Fsp3) is 0.625. The number of aliphatic hydroxyl groups excluding tert-OH is 1. The maximum absolute atomic E-state index is 11.9. The van der Waals surface area contributed by atoms with Gasteiger partial charge < -0.3 is 10.4 Å². The number of rotatable bonds is 6. The van der Waals surface area contributed by atoms with Gasteiger partial charge in [0.1, 0.15) is 0 Å². The first kappa shape index (κ1) is 17.4. The van der Waals surface area contributed by atoms with E-state index in [1.807, 2.05) is 13.0 Å². The van der Waals surface area contributed by atoms with E-state index >= 15 is 0 Å². The van der Waals surface area contributed by atoms with Gasteiger partial charge in [-0.15, -0.1) is 0 Å². The Morgan fingerprint density at radius 2 is 2.14 bits per heavy atom. The first-order valence-corrected chi connectivity index (χ1v) is 9.35. The van der Waals surface area contributed by atoms with Crippen LogP contribution in [-0.2, 0) is 10.0 Å². The predicted octanol–water partition coefficient (Wildman–Crippen LogP) is 1.80. The first-order chi connectivity index (χ1) is 10.4. The Kier molecular flexibility index (Phi) is 5.97. The van der Waals surface area contributed by atoms with Gasteiger partial charge in [-0.2, -0.15) is 0 Å². The average molecular weight is 326 g/mol. The van der Waals surface area contributed by atoms with Crippen LogP contribution in [0.5, 0.6) is 0 Å². The minimum absolute atomic E-state index is 0.0751. The fourth-order valence-corrected chi connectivity index (χ4v) is 3.76. The van der Waals surface area contributed by atoms with E-state index in [2.05, 4.69) is 10.0 Å². The van der Waals surface area contributed by atoms with Crippen molar-refractivity contribution in [2.24, 2.45) is 5.92 Å². The van der Waals surface area contributed by atoms with E-state index in [0.29, 0.717) is 5.92 Å². The second-order valence-corrected chi connectivity index (χ2v) is 7.98. The van der Waals surface area contributed by atoms with Crippen molar-refractivity contribution in [2.45, 2.75) is 49.6 Å². The van der Waals surface area contributed by atoms with E-state index in [1.165, 1.54) is 7.05 Å². The molecule has 0 bridgehead atoms. The number of hydrogen-bond acceptors (Lipinski definition) is 4. The molecule has 0 heterocycles. The highest BCUT2D eigenvalue weighted by atomic mass is 32.2. The number of sulfonamides is 1. The van der Waals surface area contributed by atoms with Crippen LogP contribution in [0.2, 0.25) is 0 Å². The van der Waals surface area contributed by atoms with Gasteiger partial charge in [0.05, 0.1) is 11.0 Å². The zero-order chi connectivity index (χ0) is 16.2. The van der Waals surface area contributed by atoms with Crippen molar-refractivity contribution < 1.29 is 13.5 Å². The third-order valence-electron chi connectivity index (χ3n) is 4.40. The van der Waals surface area contributed by atoms with E-state index in [1.54, 1.807) is 18.2 Å². The van der Waals surface area contributed by atoms with Crippen LogP contribution in [0.1, 0.15) is 44.2 Å². The summed E-state index contributed by atoms with van der Waals surface area (Å²) in [5.41, 5.74) is 0.952. The van der Waals surface area contributed by atoms with Crippen molar-refractivity contribution in [1.29, 1.82) is 0 Å². The molecule has 3 atom stereocenters.